The fourth-order valence-electron chi connectivity index (χ4n) is 4.20. The molecule has 0 bridgehead atoms. The second-order valence-corrected chi connectivity index (χ2v) is 10.1. The highest BCUT2D eigenvalue weighted by molar-refractivity contribution is 7.10. The maximum atomic E-state index is 13.5. The molecular formula is C27H30ClN3O3S. The predicted octanol–water partition coefficient (Wildman–Crippen LogP) is 6.16. The summed E-state index contributed by atoms with van der Waals surface area (Å²) >= 11 is 7.70. The first-order chi connectivity index (χ1) is 16.9. The lowest BCUT2D eigenvalue weighted by molar-refractivity contribution is -0.135. The summed E-state index contributed by atoms with van der Waals surface area (Å²) in [5, 5.41) is 5.63. The predicted molar refractivity (Wildman–Crippen MR) is 141 cm³/mol. The van der Waals surface area contributed by atoms with E-state index in [-0.39, 0.29) is 24.5 Å². The Labute approximate surface area is 215 Å². The number of carbonyl (C=O) groups excluding carboxylic acids is 2. The third-order valence-corrected chi connectivity index (χ3v) is 7.29. The zero-order valence-corrected chi connectivity index (χ0v) is 21.6. The highest BCUT2D eigenvalue weighted by Crippen LogP contribution is 2.34. The van der Waals surface area contributed by atoms with Crippen LogP contribution < -0.4 is 10.1 Å². The van der Waals surface area contributed by atoms with Gasteiger partial charge in [0.25, 0.3) is 0 Å². The molecule has 2 heterocycles. The minimum Gasteiger partial charge on any atom is -0.491 e. The van der Waals surface area contributed by atoms with Crippen molar-refractivity contribution in [3.63, 3.8) is 0 Å². The first-order valence-electron chi connectivity index (χ1n) is 11.8. The molecule has 1 aliphatic heterocycles. The fourth-order valence-corrected chi connectivity index (χ4v) is 5.25. The van der Waals surface area contributed by atoms with Gasteiger partial charge >= 0.3 is 6.03 Å². The fraction of sp³-hybridized carbons (Fsp3) is 0.333. The van der Waals surface area contributed by atoms with Crippen molar-refractivity contribution in [1.82, 2.24) is 9.80 Å². The first-order valence-corrected chi connectivity index (χ1v) is 13.1. The number of nitrogens with zero attached hydrogens (tertiary/aromatic N) is 2. The lowest BCUT2D eigenvalue weighted by Gasteiger charge is -2.37. The summed E-state index contributed by atoms with van der Waals surface area (Å²) in [5.74, 6) is 0.619. The number of amides is 3. The highest BCUT2D eigenvalue weighted by atomic mass is 35.5. The molecule has 0 radical (unpaired) electrons. The van der Waals surface area contributed by atoms with Gasteiger partial charge in [-0.2, -0.15) is 0 Å². The topological polar surface area (TPSA) is 61.9 Å². The number of thiophene rings is 1. The van der Waals surface area contributed by atoms with Crippen LogP contribution in [0.4, 0.5) is 10.5 Å². The van der Waals surface area contributed by atoms with Gasteiger partial charge in [0.15, 0.2) is 0 Å². The SMILES string of the molecule is CCCN(CC(=O)N1CCc2sccc2[C@H]1COc1ccc(Cl)cc1)C(=O)Nc1ccc(C)cc1. The smallest absolute Gasteiger partial charge is 0.322 e. The Balaban J connectivity index is 1.46. The molecule has 2 aromatic carbocycles. The molecule has 35 heavy (non-hydrogen) atoms. The molecule has 0 saturated carbocycles. The van der Waals surface area contributed by atoms with Gasteiger partial charge in [0.2, 0.25) is 5.91 Å². The van der Waals surface area contributed by atoms with E-state index in [1.54, 1.807) is 28.4 Å². The number of halogens is 1. The standard InChI is InChI=1S/C27H30ClN3O3S/c1-3-14-30(27(33)29-21-8-4-19(2)5-9-21)17-26(32)31-15-12-25-23(13-16-35-25)24(31)18-34-22-10-6-20(28)7-11-22/h4-11,13,16,24H,3,12,14-15,17-18H2,1-2H3,(H,29,33)/t24-/m1/s1. The van der Waals surface area contributed by atoms with E-state index in [1.165, 1.54) is 4.88 Å². The molecule has 4 rings (SSSR count). The third-order valence-electron chi connectivity index (χ3n) is 6.05. The molecule has 0 aliphatic carbocycles. The van der Waals surface area contributed by atoms with Crippen LogP contribution in [0.15, 0.2) is 60.0 Å². The average molecular weight is 512 g/mol. The van der Waals surface area contributed by atoms with Crippen LogP contribution in [0.1, 0.15) is 35.4 Å². The number of nitrogens with one attached hydrogen (secondary N) is 1. The molecule has 1 atom stereocenters. The number of fused-ring (bicyclic) bond motifs is 1. The van der Waals surface area contributed by atoms with Gasteiger partial charge in [-0.15, -0.1) is 11.3 Å². The Kier molecular flexibility index (Phi) is 8.31. The summed E-state index contributed by atoms with van der Waals surface area (Å²) < 4.78 is 6.05. The minimum absolute atomic E-state index is 0.0163. The van der Waals surface area contributed by atoms with Gasteiger partial charge in [0, 0.05) is 28.7 Å². The number of hydrogen-bond acceptors (Lipinski definition) is 4. The zero-order valence-electron chi connectivity index (χ0n) is 20.0. The molecule has 0 fully saturated rings. The van der Waals surface area contributed by atoms with Crippen LogP contribution in [-0.4, -0.2) is 48.0 Å². The van der Waals surface area contributed by atoms with Crippen molar-refractivity contribution >= 4 is 40.6 Å². The van der Waals surface area contributed by atoms with E-state index in [2.05, 4.69) is 16.8 Å². The number of rotatable bonds is 8. The molecule has 6 nitrogen and oxygen atoms in total. The molecule has 3 aromatic rings. The van der Waals surface area contributed by atoms with Crippen molar-refractivity contribution in [1.29, 1.82) is 0 Å². The summed E-state index contributed by atoms with van der Waals surface area (Å²) in [5.41, 5.74) is 2.95. The first kappa shape index (κ1) is 25.1. The zero-order chi connectivity index (χ0) is 24.8. The van der Waals surface area contributed by atoms with Gasteiger partial charge in [-0.3, -0.25) is 4.79 Å². The number of urea groups is 1. The number of aryl methyl sites for hydroxylation is 1. The van der Waals surface area contributed by atoms with Gasteiger partial charge in [-0.25, -0.2) is 4.79 Å². The lowest BCUT2D eigenvalue weighted by Crippen LogP contribution is -2.48. The van der Waals surface area contributed by atoms with E-state index in [1.807, 2.05) is 55.1 Å². The molecule has 0 spiro atoms. The molecule has 184 valence electrons. The molecule has 1 aromatic heterocycles. The molecule has 1 N–H and O–H groups in total. The second-order valence-electron chi connectivity index (χ2n) is 8.63. The number of ether oxygens (including phenoxy) is 1. The van der Waals surface area contributed by atoms with Crippen LogP contribution in [0.3, 0.4) is 0 Å². The molecular weight excluding hydrogens is 482 g/mol. The van der Waals surface area contributed by atoms with E-state index in [4.69, 9.17) is 16.3 Å². The maximum Gasteiger partial charge on any atom is 0.322 e. The summed E-state index contributed by atoms with van der Waals surface area (Å²) in [6.45, 7) is 5.44. The van der Waals surface area contributed by atoms with E-state index < -0.39 is 0 Å². The van der Waals surface area contributed by atoms with Crippen LogP contribution in [0, 0.1) is 6.92 Å². The monoisotopic (exact) mass is 511 g/mol. The Bertz CT molecular complexity index is 1150. The average Bonchev–Trinajstić information content (AvgIpc) is 3.34. The number of benzene rings is 2. The van der Waals surface area contributed by atoms with Gasteiger partial charge in [-0.1, -0.05) is 36.2 Å². The molecule has 8 heteroatoms. The van der Waals surface area contributed by atoms with Crippen molar-refractivity contribution in [2.75, 3.05) is 31.6 Å². The summed E-state index contributed by atoms with van der Waals surface area (Å²) in [6.07, 6.45) is 1.56. The quantitative estimate of drug-likeness (QED) is 0.394. The summed E-state index contributed by atoms with van der Waals surface area (Å²) in [4.78, 5) is 31.2. The van der Waals surface area contributed by atoms with Crippen molar-refractivity contribution in [2.45, 2.75) is 32.7 Å². The van der Waals surface area contributed by atoms with Crippen molar-refractivity contribution in [3.05, 3.63) is 81.0 Å². The molecule has 0 saturated heterocycles. The molecule has 3 amide bonds. The molecule has 0 unspecified atom stereocenters. The van der Waals surface area contributed by atoms with E-state index in [9.17, 15) is 9.59 Å². The Morgan fingerprint density at radius 1 is 1.14 bits per heavy atom. The molecule has 1 aliphatic rings. The van der Waals surface area contributed by atoms with Crippen LogP contribution in [-0.2, 0) is 11.2 Å². The highest BCUT2D eigenvalue weighted by Gasteiger charge is 2.33. The lowest BCUT2D eigenvalue weighted by atomic mass is 10.0. The van der Waals surface area contributed by atoms with Gasteiger partial charge in [-0.05, 0) is 73.2 Å². The maximum absolute atomic E-state index is 13.5. The van der Waals surface area contributed by atoms with Crippen LogP contribution in [0.25, 0.3) is 0 Å². The normalized spacial score (nSPS) is 14.8. The number of hydrogen-bond donors (Lipinski definition) is 1. The van der Waals surface area contributed by atoms with Crippen LogP contribution in [0.2, 0.25) is 5.02 Å². The minimum atomic E-state index is -0.272. The third kappa shape index (κ3) is 6.35. The van der Waals surface area contributed by atoms with E-state index >= 15 is 0 Å². The Hall–Kier alpha value is -3.03. The van der Waals surface area contributed by atoms with Crippen LogP contribution in [0.5, 0.6) is 5.75 Å². The number of anilines is 1. The largest absolute Gasteiger partial charge is 0.491 e. The summed E-state index contributed by atoms with van der Waals surface area (Å²) in [6, 6.07) is 16.4. The second kappa shape index (κ2) is 11.6. The van der Waals surface area contributed by atoms with Crippen LogP contribution >= 0.6 is 22.9 Å². The van der Waals surface area contributed by atoms with E-state index in [0.29, 0.717) is 36.2 Å². The summed E-state index contributed by atoms with van der Waals surface area (Å²) in [7, 11) is 0. The number of carbonyl (C=O) groups is 2. The van der Waals surface area contributed by atoms with Crippen molar-refractivity contribution < 1.29 is 14.3 Å². The van der Waals surface area contributed by atoms with Gasteiger partial charge < -0.3 is 19.9 Å². The van der Waals surface area contributed by atoms with Crippen molar-refractivity contribution in [3.8, 4) is 5.75 Å². The van der Waals surface area contributed by atoms with Gasteiger partial charge in [0.1, 0.15) is 18.9 Å². The Morgan fingerprint density at radius 2 is 1.89 bits per heavy atom. The Morgan fingerprint density at radius 3 is 2.60 bits per heavy atom. The van der Waals surface area contributed by atoms with Gasteiger partial charge in [0.05, 0.1) is 6.04 Å². The van der Waals surface area contributed by atoms with E-state index in [0.717, 1.165) is 24.0 Å². The van der Waals surface area contributed by atoms with Crippen molar-refractivity contribution in [2.24, 2.45) is 0 Å².